The van der Waals surface area contributed by atoms with Gasteiger partial charge in [-0.05, 0) is 39.3 Å². The maximum atomic E-state index is 11.9. The Morgan fingerprint density at radius 3 is 2.59 bits per heavy atom. The highest BCUT2D eigenvalue weighted by Gasteiger charge is 2.18. The monoisotopic (exact) mass is 319 g/mol. The smallest absolute Gasteiger partial charge is 0.277 e. The van der Waals surface area contributed by atoms with E-state index in [1.807, 2.05) is 39.8 Å². The van der Waals surface area contributed by atoms with Crippen LogP contribution < -0.4 is 5.32 Å². The van der Waals surface area contributed by atoms with Crippen LogP contribution in [0.3, 0.4) is 0 Å². The topological polar surface area (TPSA) is 68.0 Å². The molecule has 0 saturated carbocycles. The molecule has 0 aliphatic carbocycles. The SMILES string of the molecule is CCCNC(=O)C(C)Sc1nnc(-c2cc(C)cc(C)c2)o1. The minimum absolute atomic E-state index is 0.0157. The molecule has 0 fully saturated rings. The largest absolute Gasteiger partial charge is 0.411 e. The molecular weight excluding hydrogens is 298 g/mol. The molecule has 118 valence electrons. The third-order valence-corrected chi connectivity index (χ3v) is 4.01. The Hall–Kier alpha value is -1.82. The fourth-order valence-electron chi connectivity index (χ4n) is 2.07. The number of carbonyl (C=O) groups excluding carboxylic acids is 1. The molecule has 1 N–H and O–H groups in total. The second kappa shape index (κ2) is 7.45. The van der Waals surface area contributed by atoms with Crippen LogP contribution in [0.2, 0.25) is 0 Å². The first kappa shape index (κ1) is 16.5. The van der Waals surface area contributed by atoms with Crippen LogP contribution in [-0.2, 0) is 4.79 Å². The molecule has 1 heterocycles. The molecule has 1 aromatic carbocycles. The van der Waals surface area contributed by atoms with Crippen molar-refractivity contribution in [3.8, 4) is 11.5 Å². The van der Waals surface area contributed by atoms with Gasteiger partial charge in [0.05, 0.1) is 5.25 Å². The molecule has 2 rings (SSSR count). The van der Waals surface area contributed by atoms with Gasteiger partial charge in [0.15, 0.2) is 0 Å². The van der Waals surface area contributed by atoms with E-state index in [-0.39, 0.29) is 11.2 Å². The third-order valence-electron chi connectivity index (χ3n) is 3.07. The summed E-state index contributed by atoms with van der Waals surface area (Å²) in [7, 11) is 0. The molecule has 0 bridgehead atoms. The van der Waals surface area contributed by atoms with Gasteiger partial charge < -0.3 is 9.73 Å². The zero-order valence-electron chi connectivity index (χ0n) is 13.3. The molecule has 0 radical (unpaired) electrons. The molecular formula is C16H21N3O2S. The molecule has 1 amide bonds. The maximum absolute atomic E-state index is 11.9. The predicted molar refractivity (Wildman–Crippen MR) is 87.8 cm³/mol. The van der Waals surface area contributed by atoms with Crippen LogP contribution in [0.25, 0.3) is 11.5 Å². The summed E-state index contributed by atoms with van der Waals surface area (Å²) in [6.07, 6.45) is 0.917. The summed E-state index contributed by atoms with van der Waals surface area (Å²) in [5.74, 6) is 0.466. The van der Waals surface area contributed by atoms with Crippen molar-refractivity contribution >= 4 is 17.7 Å². The molecule has 0 aliphatic rings. The van der Waals surface area contributed by atoms with Gasteiger partial charge in [-0.1, -0.05) is 35.9 Å². The first-order valence-corrected chi connectivity index (χ1v) is 8.24. The number of rotatable bonds is 6. The number of nitrogens with one attached hydrogen (secondary N) is 1. The Morgan fingerprint density at radius 2 is 1.95 bits per heavy atom. The summed E-state index contributed by atoms with van der Waals surface area (Å²) in [4.78, 5) is 11.9. The lowest BCUT2D eigenvalue weighted by Crippen LogP contribution is -2.31. The van der Waals surface area contributed by atoms with Gasteiger partial charge in [0.2, 0.25) is 11.8 Å². The van der Waals surface area contributed by atoms with Crippen molar-refractivity contribution < 1.29 is 9.21 Å². The lowest BCUT2D eigenvalue weighted by molar-refractivity contribution is -0.120. The van der Waals surface area contributed by atoms with E-state index in [4.69, 9.17) is 4.42 Å². The van der Waals surface area contributed by atoms with Crippen LogP contribution in [0.5, 0.6) is 0 Å². The van der Waals surface area contributed by atoms with E-state index in [2.05, 4.69) is 21.6 Å². The van der Waals surface area contributed by atoms with Gasteiger partial charge in [0.25, 0.3) is 5.22 Å². The third kappa shape index (κ3) is 4.34. The van der Waals surface area contributed by atoms with Crippen LogP contribution in [0.1, 0.15) is 31.4 Å². The highest BCUT2D eigenvalue weighted by molar-refractivity contribution is 8.00. The van der Waals surface area contributed by atoms with Gasteiger partial charge in [-0.3, -0.25) is 4.79 Å². The Balaban J connectivity index is 2.06. The first-order chi connectivity index (χ1) is 10.5. The van der Waals surface area contributed by atoms with Crippen molar-refractivity contribution in [2.45, 2.75) is 44.6 Å². The van der Waals surface area contributed by atoms with E-state index in [9.17, 15) is 4.79 Å². The number of benzene rings is 1. The molecule has 1 atom stereocenters. The highest BCUT2D eigenvalue weighted by Crippen LogP contribution is 2.27. The van der Waals surface area contributed by atoms with Crippen molar-refractivity contribution in [3.05, 3.63) is 29.3 Å². The Morgan fingerprint density at radius 1 is 1.27 bits per heavy atom. The quantitative estimate of drug-likeness (QED) is 0.827. The molecule has 0 saturated heterocycles. The van der Waals surface area contributed by atoms with E-state index in [1.165, 1.54) is 11.8 Å². The number of amides is 1. The zero-order valence-corrected chi connectivity index (χ0v) is 14.2. The number of hydrogen-bond donors (Lipinski definition) is 1. The number of thioether (sulfide) groups is 1. The van der Waals surface area contributed by atoms with Gasteiger partial charge >= 0.3 is 0 Å². The van der Waals surface area contributed by atoms with Gasteiger partial charge in [0, 0.05) is 12.1 Å². The minimum atomic E-state index is -0.265. The summed E-state index contributed by atoms with van der Waals surface area (Å²) in [5.41, 5.74) is 3.20. The number of aryl methyl sites for hydroxylation is 2. The van der Waals surface area contributed by atoms with Crippen molar-refractivity contribution in [2.75, 3.05) is 6.54 Å². The van der Waals surface area contributed by atoms with E-state index in [1.54, 1.807) is 0 Å². The van der Waals surface area contributed by atoms with Gasteiger partial charge in [-0.25, -0.2) is 0 Å². The van der Waals surface area contributed by atoms with E-state index in [0.29, 0.717) is 17.7 Å². The van der Waals surface area contributed by atoms with Crippen LogP contribution in [-0.4, -0.2) is 27.9 Å². The standard InChI is InChI=1S/C16H21N3O2S/c1-5-6-17-14(20)12(4)22-16-19-18-15(21-16)13-8-10(2)7-11(3)9-13/h7-9,12H,5-6H2,1-4H3,(H,17,20). The summed E-state index contributed by atoms with van der Waals surface area (Å²) >= 11 is 1.27. The maximum Gasteiger partial charge on any atom is 0.277 e. The molecule has 0 spiro atoms. The first-order valence-electron chi connectivity index (χ1n) is 7.36. The van der Waals surface area contributed by atoms with Crippen LogP contribution in [0.4, 0.5) is 0 Å². The molecule has 22 heavy (non-hydrogen) atoms. The molecule has 5 nitrogen and oxygen atoms in total. The van der Waals surface area contributed by atoms with Crippen LogP contribution in [0.15, 0.2) is 27.8 Å². The summed E-state index contributed by atoms with van der Waals surface area (Å²) in [6, 6.07) is 6.11. The Bertz CT molecular complexity index is 634. The van der Waals surface area contributed by atoms with Crippen molar-refractivity contribution in [1.29, 1.82) is 0 Å². The van der Waals surface area contributed by atoms with Crippen molar-refractivity contribution in [1.82, 2.24) is 15.5 Å². The summed E-state index contributed by atoms with van der Waals surface area (Å²) < 4.78 is 5.67. The number of hydrogen-bond acceptors (Lipinski definition) is 5. The lowest BCUT2D eigenvalue weighted by atomic mass is 10.1. The second-order valence-corrected chi connectivity index (χ2v) is 6.59. The molecule has 1 aromatic heterocycles. The van der Waals surface area contributed by atoms with Gasteiger partial charge in [-0.2, -0.15) is 0 Å². The Kier molecular flexibility index (Phi) is 5.60. The van der Waals surface area contributed by atoms with Crippen LogP contribution in [0, 0.1) is 13.8 Å². The molecule has 1 unspecified atom stereocenters. The van der Waals surface area contributed by atoms with E-state index < -0.39 is 0 Å². The Labute approximate surface area is 134 Å². The lowest BCUT2D eigenvalue weighted by Gasteiger charge is -2.08. The number of aromatic nitrogens is 2. The fraction of sp³-hybridized carbons (Fsp3) is 0.438. The average Bonchev–Trinajstić information content (AvgIpc) is 2.92. The van der Waals surface area contributed by atoms with Gasteiger partial charge in [0.1, 0.15) is 0 Å². The number of nitrogens with zero attached hydrogens (tertiary/aromatic N) is 2. The minimum Gasteiger partial charge on any atom is -0.411 e. The highest BCUT2D eigenvalue weighted by atomic mass is 32.2. The number of carbonyl (C=O) groups is 1. The second-order valence-electron chi connectivity index (χ2n) is 5.30. The molecule has 2 aromatic rings. The normalized spacial score (nSPS) is 12.2. The van der Waals surface area contributed by atoms with Gasteiger partial charge in [-0.15, -0.1) is 10.2 Å². The van der Waals surface area contributed by atoms with Crippen LogP contribution >= 0.6 is 11.8 Å². The van der Waals surface area contributed by atoms with E-state index in [0.717, 1.165) is 23.1 Å². The average molecular weight is 319 g/mol. The van der Waals surface area contributed by atoms with Crippen molar-refractivity contribution in [3.63, 3.8) is 0 Å². The summed E-state index contributed by atoms with van der Waals surface area (Å²) in [6.45, 7) is 8.59. The van der Waals surface area contributed by atoms with Crippen molar-refractivity contribution in [2.24, 2.45) is 0 Å². The predicted octanol–water partition coefficient (Wildman–Crippen LogP) is 3.36. The summed E-state index contributed by atoms with van der Waals surface area (Å²) in [5, 5.41) is 11.1. The molecule has 6 heteroatoms. The van der Waals surface area contributed by atoms with E-state index >= 15 is 0 Å². The molecule has 0 aliphatic heterocycles. The fourth-order valence-corrected chi connectivity index (χ4v) is 2.78. The zero-order chi connectivity index (χ0) is 16.1.